The zero-order chi connectivity index (χ0) is 21.4. The van der Waals surface area contributed by atoms with E-state index >= 15 is 0 Å². The van der Waals surface area contributed by atoms with E-state index in [4.69, 9.17) is 0 Å². The van der Waals surface area contributed by atoms with Gasteiger partial charge < -0.3 is 0 Å². The molecular formula is C12H14F13N. The van der Waals surface area contributed by atoms with Gasteiger partial charge in [-0.15, -0.1) is 0 Å². The highest BCUT2D eigenvalue weighted by Gasteiger charge is 2.90. The number of hydrogen-bond donors (Lipinski definition) is 1. The maximum atomic E-state index is 13.3. The van der Waals surface area contributed by atoms with Crippen molar-refractivity contribution in [3.05, 3.63) is 0 Å². The summed E-state index contributed by atoms with van der Waals surface area (Å²) in [5, 5.41) is 0.510. The summed E-state index contributed by atoms with van der Waals surface area (Å²) >= 11 is 0. The third-order valence-corrected chi connectivity index (χ3v) is 3.61. The summed E-state index contributed by atoms with van der Waals surface area (Å²) in [5.74, 6) is -31.0. The van der Waals surface area contributed by atoms with Gasteiger partial charge in [0.05, 0.1) is 0 Å². The number of hydrogen-bond acceptors (Lipinski definition) is 1. The maximum absolute atomic E-state index is 13.3. The second-order valence-electron chi connectivity index (χ2n) is 5.60. The van der Waals surface area contributed by atoms with Crippen LogP contribution in [-0.2, 0) is 0 Å². The number of halogens is 13. The van der Waals surface area contributed by atoms with Crippen LogP contribution >= 0.6 is 0 Å². The summed E-state index contributed by atoms with van der Waals surface area (Å²) in [6.45, 7) is 1.87. The van der Waals surface area contributed by atoms with Crippen LogP contribution < -0.4 is 5.32 Å². The van der Waals surface area contributed by atoms with Crippen molar-refractivity contribution in [2.24, 2.45) is 5.92 Å². The van der Waals surface area contributed by atoms with Crippen LogP contribution in [0.1, 0.15) is 26.7 Å². The lowest BCUT2D eigenvalue weighted by Crippen LogP contribution is -2.72. The Labute approximate surface area is 138 Å². The number of nitrogens with one attached hydrogen (secondary N) is 1. The lowest BCUT2D eigenvalue weighted by molar-refractivity contribution is -0.442. The quantitative estimate of drug-likeness (QED) is 0.373. The molecule has 0 bridgehead atoms. The van der Waals surface area contributed by atoms with Gasteiger partial charge in [0.2, 0.25) is 0 Å². The molecule has 0 fully saturated rings. The van der Waals surface area contributed by atoms with Crippen LogP contribution in [0.5, 0.6) is 0 Å². The molecule has 0 aliphatic carbocycles. The summed E-state index contributed by atoms with van der Waals surface area (Å²) in [7, 11) is 0. The van der Waals surface area contributed by atoms with Gasteiger partial charge in [0, 0.05) is 6.54 Å². The summed E-state index contributed by atoms with van der Waals surface area (Å²) in [5.41, 5.74) is 0. The van der Waals surface area contributed by atoms with E-state index in [9.17, 15) is 57.1 Å². The van der Waals surface area contributed by atoms with E-state index in [-0.39, 0.29) is 12.3 Å². The van der Waals surface area contributed by atoms with E-state index in [1.807, 2.05) is 0 Å². The molecule has 1 nitrogen and oxygen atoms in total. The van der Waals surface area contributed by atoms with Crippen molar-refractivity contribution in [2.75, 3.05) is 6.54 Å². The summed E-state index contributed by atoms with van der Waals surface area (Å²) in [4.78, 5) is 0. The lowest BCUT2D eigenvalue weighted by Gasteiger charge is -2.39. The summed E-state index contributed by atoms with van der Waals surface area (Å²) in [6.07, 6.45) is -7.37. The predicted octanol–water partition coefficient (Wildman–Crippen LogP) is 5.71. The standard InChI is InChI=1S/C12H14F13N/c1-3-6(2)4-5-26-12(24,25)10(19,20)8(15,16)7(13,14)9(17,18)11(21,22)23/h6,26H,3-5H2,1-2H3. The van der Waals surface area contributed by atoms with E-state index in [0.717, 1.165) is 0 Å². The second-order valence-corrected chi connectivity index (χ2v) is 5.60. The fraction of sp³-hybridized carbons (Fsp3) is 1.00. The normalized spacial score (nSPS) is 16.7. The Morgan fingerprint density at radius 1 is 0.654 bits per heavy atom. The van der Waals surface area contributed by atoms with E-state index in [1.165, 1.54) is 6.92 Å². The fourth-order valence-corrected chi connectivity index (χ4v) is 1.56. The summed E-state index contributed by atoms with van der Waals surface area (Å²) in [6, 6.07) is -6.20. The van der Waals surface area contributed by atoms with Crippen LogP contribution in [0, 0.1) is 5.92 Å². The Bertz CT molecular complexity index is 468. The summed E-state index contributed by atoms with van der Waals surface area (Å²) < 4.78 is 166. The first kappa shape index (κ1) is 25.1. The predicted molar refractivity (Wildman–Crippen MR) is 62.9 cm³/mol. The van der Waals surface area contributed by atoms with Crippen molar-refractivity contribution in [2.45, 2.75) is 62.6 Å². The molecule has 0 saturated carbocycles. The average Bonchev–Trinajstić information content (AvgIpc) is 2.44. The zero-order valence-electron chi connectivity index (χ0n) is 13.1. The molecule has 0 aliphatic heterocycles. The van der Waals surface area contributed by atoms with Crippen molar-refractivity contribution in [3.8, 4) is 0 Å². The second kappa shape index (κ2) is 7.23. The fourth-order valence-electron chi connectivity index (χ4n) is 1.56. The molecular weight excluding hydrogens is 405 g/mol. The minimum atomic E-state index is -7.86. The first-order valence-corrected chi connectivity index (χ1v) is 6.91. The van der Waals surface area contributed by atoms with Crippen molar-refractivity contribution in [1.82, 2.24) is 5.32 Å². The first-order chi connectivity index (χ1) is 11.2. The molecule has 0 heterocycles. The molecule has 0 rings (SSSR count). The largest absolute Gasteiger partial charge is 0.460 e. The van der Waals surface area contributed by atoms with Gasteiger partial charge in [0.25, 0.3) is 0 Å². The first-order valence-electron chi connectivity index (χ1n) is 6.91. The van der Waals surface area contributed by atoms with Crippen molar-refractivity contribution >= 4 is 0 Å². The third kappa shape index (κ3) is 3.98. The lowest BCUT2D eigenvalue weighted by atomic mass is 9.96. The molecule has 158 valence electrons. The third-order valence-electron chi connectivity index (χ3n) is 3.61. The van der Waals surface area contributed by atoms with Crippen LogP contribution in [0.25, 0.3) is 0 Å². The molecule has 1 unspecified atom stereocenters. The minimum Gasteiger partial charge on any atom is -0.253 e. The van der Waals surface area contributed by atoms with Gasteiger partial charge in [0.15, 0.2) is 0 Å². The van der Waals surface area contributed by atoms with Crippen molar-refractivity contribution in [1.29, 1.82) is 0 Å². The number of rotatable bonds is 9. The molecule has 0 amide bonds. The molecule has 0 radical (unpaired) electrons. The van der Waals surface area contributed by atoms with Gasteiger partial charge in [0.1, 0.15) is 0 Å². The Morgan fingerprint density at radius 2 is 1.04 bits per heavy atom. The molecule has 0 aromatic carbocycles. The van der Waals surface area contributed by atoms with Crippen LogP contribution in [0.4, 0.5) is 57.1 Å². The maximum Gasteiger partial charge on any atom is 0.460 e. The molecule has 0 aromatic heterocycles. The van der Waals surface area contributed by atoms with Gasteiger partial charge in [-0.3, -0.25) is 5.32 Å². The van der Waals surface area contributed by atoms with E-state index < -0.39 is 42.5 Å². The molecule has 0 aromatic rings. The SMILES string of the molecule is CCC(C)CCNC(F)(F)C(F)(F)C(F)(F)C(F)(F)C(F)(F)C(F)(F)F. The monoisotopic (exact) mass is 419 g/mol. The molecule has 26 heavy (non-hydrogen) atoms. The van der Waals surface area contributed by atoms with Gasteiger partial charge in [-0.05, 0) is 12.3 Å². The van der Waals surface area contributed by atoms with Gasteiger partial charge in [-0.25, -0.2) is 0 Å². The minimum absolute atomic E-state index is 0.317. The molecule has 1 atom stereocenters. The number of alkyl halides is 13. The highest BCUT2D eigenvalue weighted by molar-refractivity contribution is 5.09. The Morgan fingerprint density at radius 3 is 1.38 bits per heavy atom. The zero-order valence-corrected chi connectivity index (χ0v) is 13.1. The van der Waals surface area contributed by atoms with Crippen LogP contribution in [0.3, 0.4) is 0 Å². The van der Waals surface area contributed by atoms with Gasteiger partial charge >= 0.3 is 35.9 Å². The van der Waals surface area contributed by atoms with Crippen LogP contribution in [-0.4, -0.2) is 42.5 Å². The average molecular weight is 419 g/mol. The Balaban J connectivity index is 5.78. The van der Waals surface area contributed by atoms with E-state index in [2.05, 4.69) is 0 Å². The molecule has 0 spiro atoms. The Kier molecular flexibility index (Phi) is 6.96. The molecule has 0 saturated heterocycles. The molecule has 14 heteroatoms. The topological polar surface area (TPSA) is 12.0 Å². The van der Waals surface area contributed by atoms with Crippen molar-refractivity contribution < 1.29 is 57.1 Å². The van der Waals surface area contributed by atoms with Gasteiger partial charge in [-0.2, -0.15) is 57.1 Å². The van der Waals surface area contributed by atoms with Crippen LogP contribution in [0.15, 0.2) is 0 Å². The Hall–Kier alpha value is -0.950. The van der Waals surface area contributed by atoms with E-state index in [0.29, 0.717) is 11.7 Å². The van der Waals surface area contributed by atoms with Crippen LogP contribution in [0.2, 0.25) is 0 Å². The molecule has 1 N–H and O–H groups in total. The highest BCUT2D eigenvalue weighted by atomic mass is 19.4. The van der Waals surface area contributed by atoms with E-state index in [1.54, 1.807) is 6.92 Å². The van der Waals surface area contributed by atoms with Crippen molar-refractivity contribution in [3.63, 3.8) is 0 Å². The highest BCUT2D eigenvalue weighted by Crippen LogP contribution is 2.59. The van der Waals surface area contributed by atoms with Gasteiger partial charge in [-0.1, -0.05) is 20.3 Å². The smallest absolute Gasteiger partial charge is 0.253 e. The molecule has 0 aliphatic rings.